The van der Waals surface area contributed by atoms with E-state index >= 15 is 0 Å². The zero-order valence-corrected chi connectivity index (χ0v) is 35.8. The summed E-state index contributed by atoms with van der Waals surface area (Å²) in [5.74, 6) is -1.12. The van der Waals surface area contributed by atoms with Gasteiger partial charge in [-0.05, 0) is 32.1 Å². The lowest BCUT2D eigenvalue weighted by atomic mass is 9.85. The Kier molecular flexibility index (Phi) is 31.5. The van der Waals surface area contributed by atoms with E-state index in [1.165, 1.54) is 70.6 Å². The summed E-state index contributed by atoms with van der Waals surface area (Å²) >= 11 is 0. The van der Waals surface area contributed by atoms with Crippen molar-refractivity contribution in [3.63, 3.8) is 0 Å². The van der Waals surface area contributed by atoms with Crippen molar-refractivity contribution in [3.05, 3.63) is 36.5 Å². The van der Waals surface area contributed by atoms with Gasteiger partial charge in [0.15, 0.2) is 6.10 Å². The normalized spacial score (nSPS) is 23.0. The molecule has 0 bridgehead atoms. The summed E-state index contributed by atoms with van der Waals surface area (Å²) in [5.41, 5.74) is 0. The van der Waals surface area contributed by atoms with Crippen molar-refractivity contribution in [3.8, 4) is 0 Å². The minimum Gasteiger partial charge on any atom is -0.462 e. The van der Waals surface area contributed by atoms with Gasteiger partial charge >= 0.3 is 19.8 Å². The lowest BCUT2D eigenvalue weighted by Crippen LogP contribution is -2.64. The second-order valence-corrected chi connectivity index (χ2v) is 16.6. The molecular weight excluding hydrogens is 755 g/mol. The van der Waals surface area contributed by atoms with Crippen LogP contribution in [-0.4, -0.2) is 98.3 Å². The maximum absolute atomic E-state index is 12.8. The lowest BCUT2D eigenvalue weighted by molar-refractivity contribution is -0.220. The van der Waals surface area contributed by atoms with Crippen molar-refractivity contribution < 1.29 is 63.1 Å². The first-order valence-electron chi connectivity index (χ1n) is 21.8. The second kappa shape index (κ2) is 33.9. The number of ether oxygens (including phenoxy) is 2. The van der Waals surface area contributed by atoms with E-state index in [9.17, 15) is 44.6 Å². The Morgan fingerprint density at radius 3 is 1.51 bits per heavy atom. The highest BCUT2D eigenvalue weighted by molar-refractivity contribution is 7.47. The average Bonchev–Trinajstić information content (AvgIpc) is 3.19. The van der Waals surface area contributed by atoms with Gasteiger partial charge in [-0.25, -0.2) is 4.57 Å². The highest BCUT2D eigenvalue weighted by atomic mass is 31.2. The van der Waals surface area contributed by atoms with Crippen LogP contribution in [0, 0.1) is 0 Å². The molecular formula is C43H77O13P. The second-order valence-electron chi connectivity index (χ2n) is 15.2. The maximum atomic E-state index is 12.8. The van der Waals surface area contributed by atoms with Crippen LogP contribution in [0.25, 0.3) is 0 Å². The zero-order chi connectivity index (χ0) is 42.2. The summed E-state index contributed by atoms with van der Waals surface area (Å²) in [7, 11) is -5.12. The van der Waals surface area contributed by atoms with E-state index in [4.69, 9.17) is 18.5 Å². The average molecular weight is 833 g/mol. The van der Waals surface area contributed by atoms with E-state index in [0.717, 1.165) is 57.8 Å². The number of carbonyl (C=O) groups is 2. The van der Waals surface area contributed by atoms with Crippen molar-refractivity contribution in [2.45, 2.75) is 211 Å². The molecule has 6 N–H and O–H groups in total. The van der Waals surface area contributed by atoms with Crippen LogP contribution < -0.4 is 0 Å². The summed E-state index contributed by atoms with van der Waals surface area (Å²) < 4.78 is 33.4. The molecule has 0 spiro atoms. The van der Waals surface area contributed by atoms with Gasteiger partial charge in [0.2, 0.25) is 0 Å². The molecule has 1 saturated carbocycles. The minimum atomic E-state index is -5.12. The van der Waals surface area contributed by atoms with Crippen molar-refractivity contribution in [2.75, 3.05) is 13.2 Å². The molecule has 0 aromatic rings. The van der Waals surface area contributed by atoms with Gasteiger partial charge in [-0.15, -0.1) is 0 Å². The van der Waals surface area contributed by atoms with Crippen molar-refractivity contribution in [1.82, 2.24) is 0 Å². The summed E-state index contributed by atoms with van der Waals surface area (Å²) in [6.07, 6.45) is 23.5. The van der Waals surface area contributed by atoms with E-state index < -0.39 is 75.7 Å². The number of aliphatic hydroxyl groups excluding tert-OH is 5. The third-order valence-electron chi connectivity index (χ3n) is 10.1. The Balaban J connectivity index is 2.49. The number of phosphoric acid groups is 1. The molecule has 57 heavy (non-hydrogen) atoms. The molecule has 0 aromatic carbocycles. The fourth-order valence-electron chi connectivity index (χ4n) is 6.52. The molecule has 0 aliphatic heterocycles. The van der Waals surface area contributed by atoms with Gasteiger partial charge in [0.05, 0.1) is 6.61 Å². The van der Waals surface area contributed by atoms with E-state index in [-0.39, 0.29) is 12.8 Å². The molecule has 1 aliphatic carbocycles. The predicted molar refractivity (Wildman–Crippen MR) is 221 cm³/mol. The minimum absolute atomic E-state index is 0.0748. The van der Waals surface area contributed by atoms with Gasteiger partial charge < -0.3 is 39.9 Å². The summed E-state index contributed by atoms with van der Waals surface area (Å²) in [6, 6.07) is 0. The van der Waals surface area contributed by atoms with Crippen molar-refractivity contribution in [1.29, 1.82) is 0 Å². The van der Waals surface area contributed by atoms with Gasteiger partial charge in [0.25, 0.3) is 0 Å². The maximum Gasteiger partial charge on any atom is 0.472 e. The molecule has 0 radical (unpaired) electrons. The first-order valence-corrected chi connectivity index (χ1v) is 23.3. The summed E-state index contributed by atoms with van der Waals surface area (Å²) in [5, 5.41) is 50.0. The number of hydrogen-bond donors (Lipinski definition) is 6. The number of hydrogen-bond acceptors (Lipinski definition) is 12. The first-order chi connectivity index (χ1) is 27.4. The van der Waals surface area contributed by atoms with Crippen LogP contribution in [0.2, 0.25) is 0 Å². The largest absolute Gasteiger partial charge is 0.472 e. The number of carbonyl (C=O) groups excluding carboxylic acids is 2. The third-order valence-corrected chi connectivity index (χ3v) is 11.0. The first kappa shape index (κ1) is 53.1. The van der Waals surface area contributed by atoms with Crippen LogP contribution in [0.4, 0.5) is 0 Å². The molecule has 14 heteroatoms. The van der Waals surface area contributed by atoms with Crippen molar-refractivity contribution in [2.24, 2.45) is 0 Å². The predicted octanol–water partition coefficient (Wildman–Crippen LogP) is 7.83. The standard InChI is InChI=1S/C43H77O13P/c1-3-5-7-9-11-13-15-17-18-20-21-23-25-27-29-31-36(44)53-33-35(34-54-57(51,52)56-43-41(49)39(47)38(46)40(48)42(43)50)55-37(45)32-30-28-26-24-22-19-16-14-12-10-8-6-4-2/h6,8,10,12,14,16,35,38-43,46-50H,3-5,7,9,11,13,15,17-34H2,1-2H3,(H,51,52)/b8-6+,12-10+,16-14+/t35?,38?,39-,40?,41?,42?,43?/m0/s1. The van der Waals surface area contributed by atoms with E-state index in [1.807, 2.05) is 24.3 Å². The van der Waals surface area contributed by atoms with Gasteiger partial charge in [-0.2, -0.15) is 0 Å². The van der Waals surface area contributed by atoms with E-state index in [0.29, 0.717) is 12.8 Å². The monoisotopic (exact) mass is 833 g/mol. The Bertz CT molecular complexity index is 1150. The summed E-state index contributed by atoms with van der Waals surface area (Å²) in [4.78, 5) is 35.6. The molecule has 13 nitrogen and oxygen atoms in total. The number of unbranched alkanes of at least 4 members (excludes halogenated alkanes) is 19. The quantitative estimate of drug-likeness (QED) is 0.0156. The van der Waals surface area contributed by atoms with Crippen LogP contribution in [0.1, 0.15) is 168 Å². The molecule has 8 atom stereocenters. The molecule has 1 aliphatic rings. The van der Waals surface area contributed by atoms with E-state index in [2.05, 4.69) is 26.0 Å². The molecule has 0 saturated heterocycles. The Morgan fingerprint density at radius 2 is 1.00 bits per heavy atom. The molecule has 0 aromatic heterocycles. The molecule has 7 unspecified atom stereocenters. The Labute approximate surface area is 342 Å². The Hall–Kier alpha value is -1.93. The van der Waals surface area contributed by atoms with E-state index in [1.54, 1.807) is 0 Å². The van der Waals surface area contributed by atoms with Gasteiger partial charge in [-0.1, -0.05) is 159 Å². The molecule has 1 rings (SSSR count). The topological polar surface area (TPSA) is 210 Å². The van der Waals surface area contributed by atoms with Crippen LogP contribution >= 0.6 is 7.82 Å². The van der Waals surface area contributed by atoms with Gasteiger partial charge in [0.1, 0.15) is 43.2 Å². The fraction of sp³-hybridized carbons (Fsp3) is 0.814. The molecule has 332 valence electrons. The highest BCUT2D eigenvalue weighted by Crippen LogP contribution is 2.47. The Morgan fingerprint density at radius 1 is 0.561 bits per heavy atom. The van der Waals surface area contributed by atoms with Crippen LogP contribution in [0.5, 0.6) is 0 Å². The van der Waals surface area contributed by atoms with Crippen molar-refractivity contribution >= 4 is 19.8 Å². The number of allylic oxidation sites excluding steroid dienone is 6. The molecule has 1 fully saturated rings. The molecule has 0 amide bonds. The third kappa shape index (κ3) is 26.7. The number of aliphatic hydroxyl groups is 5. The number of phosphoric ester groups is 1. The van der Waals surface area contributed by atoms with Crippen LogP contribution in [0.3, 0.4) is 0 Å². The van der Waals surface area contributed by atoms with Gasteiger partial charge in [-0.3, -0.25) is 18.6 Å². The number of rotatable bonds is 35. The summed E-state index contributed by atoms with van der Waals surface area (Å²) in [6.45, 7) is 3.14. The fourth-order valence-corrected chi connectivity index (χ4v) is 7.49. The highest BCUT2D eigenvalue weighted by Gasteiger charge is 2.51. The van der Waals surface area contributed by atoms with Gasteiger partial charge in [0, 0.05) is 12.8 Å². The molecule has 0 heterocycles. The van der Waals surface area contributed by atoms with Crippen LogP contribution in [-0.2, 0) is 32.7 Å². The SMILES string of the molecule is CC/C=C/C=C/C=C/CCCCCCCC(=O)OC(COC(=O)CCCCCCCCCCCCCCCCC)COP(=O)(O)OC1C(O)C(O)C(O)[C@H](O)C1O. The number of esters is 2. The van der Waals surface area contributed by atoms with Crippen LogP contribution in [0.15, 0.2) is 36.5 Å². The smallest absolute Gasteiger partial charge is 0.462 e. The zero-order valence-electron chi connectivity index (χ0n) is 34.9. The lowest BCUT2D eigenvalue weighted by Gasteiger charge is -2.41.